The quantitative estimate of drug-likeness (QED) is 0.257. The number of amides is 1. The predicted octanol–water partition coefficient (Wildman–Crippen LogP) is 3.50. The summed E-state index contributed by atoms with van der Waals surface area (Å²) in [6, 6.07) is 14.6. The first kappa shape index (κ1) is 33.9. The summed E-state index contributed by atoms with van der Waals surface area (Å²) in [6.45, 7) is 4.77. The SMILES string of the molecule is CC(C)CN(CC(O)C(Cc1ccc(OCc2ccncc2)cc1)NC(=O)OC1COC2OCCC12)S(=O)(=O)c1ccc2c(c1)OCO2. The number of ether oxygens (including phenoxy) is 6. The minimum Gasteiger partial charge on any atom is -0.489 e. The smallest absolute Gasteiger partial charge is 0.407 e. The molecule has 258 valence electrons. The second-order valence-electron chi connectivity index (χ2n) is 12.5. The summed E-state index contributed by atoms with van der Waals surface area (Å²) in [5.41, 5.74) is 1.77. The summed E-state index contributed by atoms with van der Waals surface area (Å²) in [5.74, 6) is 1.33. The van der Waals surface area contributed by atoms with Gasteiger partial charge in [-0.1, -0.05) is 26.0 Å². The molecule has 0 bridgehead atoms. The average Bonchev–Trinajstić information content (AvgIpc) is 3.83. The Kier molecular flexibility index (Phi) is 10.7. The van der Waals surface area contributed by atoms with Crippen LogP contribution in [0.25, 0.3) is 0 Å². The van der Waals surface area contributed by atoms with E-state index in [0.29, 0.717) is 36.9 Å². The number of rotatable bonds is 14. The molecule has 6 rings (SSSR count). The molecular formula is C34H41N3O10S. The number of aromatic nitrogens is 1. The number of sulfonamides is 1. The standard InChI is InChI=1S/C34H41N3O10S/c1-22(2)17-37(48(40,41)26-7-8-30-31(16-26)46-21-45-30)18-29(38)28(36-34(39)47-32-20-44-33-27(32)11-14-42-33)15-23-3-5-25(6-4-23)43-19-24-9-12-35-13-10-24/h3-10,12-13,16,22,27-29,32-33,38H,11,14-15,17-21H2,1-2H3,(H,36,39). The lowest BCUT2D eigenvalue weighted by atomic mass is 10.0. The van der Waals surface area contributed by atoms with Crippen molar-refractivity contribution >= 4 is 16.1 Å². The molecule has 0 radical (unpaired) electrons. The third-order valence-electron chi connectivity index (χ3n) is 8.49. The zero-order valence-electron chi connectivity index (χ0n) is 26.9. The number of nitrogens with one attached hydrogen (secondary N) is 1. The summed E-state index contributed by atoms with van der Waals surface area (Å²) in [4.78, 5) is 17.3. The van der Waals surface area contributed by atoms with Crippen LogP contribution in [0.1, 0.15) is 31.4 Å². The molecule has 14 heteroatoms. The highest BCUT2D eigenvalue weighted by Gasteiger charge is 2.44. The fourth-order valence-corrected chi connectivity index (χ4v) is 7.61. The van der Waals surface area contributed by atoms with Crippen molar-refractivity contribution in [3.05, 3.63) is 78.1 Å². The fraction of sp³-hybridized carbons (Fsp3) is 0.471. The van der Waals surface area contributed by atoms with Crippen LogP contribution in [0.15, 0.2) is 71.9 Å². The zero-order valence-corrected chi connectivity index (χ0v) is 27.7. The van der Waals surface area contributed by atoms with E-state index in [-0.39, 0.29) is 49.6 Å². The number of aliphatic hydroxyl groups is 1. The zero-order chi connectivity index (χ0) is 33.7. The third kappa shape index (κ3) is 8.18. The van der Waals surface area contributed by atoms with Gasteiger partial charge in [-0.3, -0.25) is 4.98 Å². The van der Waals surface area contributed by atoms with Gasteiger partial charge in [-0.25, -0.2) is 13.2 Å². The van der Waals surface area contributed by atoms with Gasteiger partial charge in [-0.05, 0) is 66.3 Å². The minimum atomic E-state index is -4.07. The molecule has 2 fully saturated rings. The van der Waals surface area contributed by atoms with Crippen molar-refractivity contribution in [2.75, 3.05) is 33.1 Å². The Labute approximate surface area is 280 Å². The highest BCUT2D eigenvalue weighted by atomic mass is 32.2. The van der Waals surface area contributed by atoms with E-state index < -0.39 is 40.7 Å². The van der Waals surface area contributed by atoms with Crippen LogP contribution in [-0.4, -0.2) is 86.5 Å². The highest BCUT2D eigenvalue weighted by Crippen LogP contribution is 2.35. The van der Waals surface area contributed by atoms with Crippen molar-refractivity contribution < 1.29 is 46.7 Å². The van der Waals surface area contributed by atoms with Gasteiger partial charge < -0.3 is 38.8 Å². The summed E-state index contributed by atoms with van der Waals surface area (Å²) in [6.07, 6.45) is 1.39. The number of alkyl carbamates (subject to hydrolysis) is 1. The van der Waals surface area contributed by atoms with E-state index in [1.807, 2.05) is 50.2 Å². The lowest BCUT2D eigenvalue weighted by Gasteiger charge is -2.31. The van der Waals surface area contributed by atoms with Gasteiger partial charge in [0.25, 0.3) is 0 Å². The number of hydrogen-bond acceptors (Lipinski definition) is 11. The van der Waals surface area contributed by atoms with Crippen LogP contribution in [0.3, 0.4) is 0 Å². The molecule has 5 atom stereocenters. The molecule has 13 nitrogen and oxygen atoms in total. The molecule has 1 aromatic heterocycles. The number of fused-ring (bicyclic) bond motifs is 2. The van der Waals surface area contributed by atoms with Crippen molar-refractivity contribution in [2.45, 2.75) is 62.7 Å². The van der Waals surface area contributed by atoms with Gasteiger partial charge >= 0.3 is 6.09 Å². The molecule has 3 aliphatic heterocycles. The molecule has 2 saturated heterocycles. The fourth-order valence-electron chi connectivity index (χ4n) is 5.98. The van der Waals surface area contributed by atoms with Gasteiger partial charge in [0.1, 0.15) is 18.5 Å². The largest absolute Gasteiger partial charge is 0.489 e. The van der Waals surface area contributed by atoms with Gasteiger partial charge in [-0.15, -0.1) is 0 Å². The monoisotopic (exact) mass is 683 g/mol. The van der Waals surface area contributed by atoms with Gasteiger partial charge in [0.2, 0.25) is 16.8 Å². The minimum absolute atomic E-state index is 0.00988. The molecular weight excluding hydrogens is 642 g/mol. The average molecular weight is 684 g/mol. The van der Waals surface area contributed by atoms with E-state index in [4.69, 9.17) is 28.4 Å². The molecule has 0 aliphatic carbocycles. The van der Waals surface area contributed by atoms with E-state index in [1.165, 1.54) is 16.4 Å². The summed E-state index contributed by atoms with van der Waals surface area (Å²) in [7, 11) is -4.07. The Morgan fingerprint density at radius 1 is 1.02 bits per heavy atom. The molecule has 5 unspecified atom stereocenters. The maximum atomic E-state index is 13.9. The Balaban J connectivity index is 1.18. The summed E-state index contributed by atoms with van der Waals surface area (Å²) >= 11 is 0. The lowest BCUT2D eigenvalue weighted by Crippen LogP contribution is -2.51. The van der Waals surface area contributed by atoms with E-state index in [1.54, 1.807) is 18.5 Å². The normalized spacial score (nSPS) is 21.2. The Hall–Kier alpha value is -3.95. The van der Waals surface area contributed by atoms with Crippen molar-refractivity contribution in [1.82, 2.24) is 14.6 Å². The van der Waals surface area contributed by atoms with Gasteiger partial charge in [0, 0.05) is 31.5 Å². The van der Waals surface area contributed by atoms with Gasteiger partial charge in [0.15, 0.2) is 17.8 Å². The van der Waals surface area contributed by atoms with Crippen molar-refractivity contribution in [3.8, 4) is 17.2 Å². The van der Waals surface area contributed by atoms with E-state index in [9.17, 15) is 18.3 Å². The Morgan fingerprint density at radius 3 is 2.56 bits per heavy atom. The van der Waals surface area contributed by atoms with Crippen LogP contribution < -0.4 is 19.5 Å². The Bertz CT molecular complexity index is 1640. The third-order valence-corrected chi connectivity index (χ3v) is 10.3. The first-order chi connectivity index (χ1) is 23.2. The number of nitrogens with zero attached hydrogens (tertiary/aromatic N) is 2. The number of carbonyl (C=O) groups is 1. The molecule has 3 aliphatic rings. The number of carbonyl (C=O) groups excluding carboxylic acids is 1. The van der Waals surface area contributed by atoms with E-state index in [2.05, 4.69) is 10.3 Å². The molecule has 48 heavy (non-hydrogen) atoms. The Morgan fingerprint density at radius 2 is 1.79 bits per heavy atom. The first-order valence-corrected chi connectivity index (χ1v) is 17.5. The van der Waals surface area contributed by atoms with Crippen LogP contribution in [0.4, 0.5) is 4.79 Å². The molecule has 1 amide bonds. The molecule has 4 heterocycles. The molecule has 2 aromatic carbocycles. The van der Waals surface area contributed by atoms with Crippen molar-refractivity contribution in [3.63, 3.8) is 0 Å². The molecule has 0 spiro atoms. The maximum absolute atomic E-state index is 13.9. The van der Waals surface area contributed by atoms with Crippen molar-refractivity contribution in [1.29, 1.82) is 0 Å². The highest BCUT2D eigenvalue weighted by molar-refractivity contribution is 7.89. The van der Waals surface area contributed by atoms with Gasteiger partial charge in [0.05, 0.1) is 36.2 Å². The topological polar surface area (TPSA) is 155 Å². The number of pyridine rings is 1. The lowest BCUT2D eigenvalue weighted by molar-refractivity contribution is -0.0907. The second kappa shape index (κ2) is 15.1. The second-order valence-corrected chi connectivity index (χ2v) is 14.4. The molecule has 0 saturated carbocycles. The molecule has 2 N–H and O–H groups in total. The summed E-state index contributed by atoms with van der Waals surface area (Å²) in [5, 5.41) is 14.5. The van der Waals surface area contributed by atoms with Crippen LogP contribution in [-0.2, 0) is 37.3 Å². The van der Waals surface area contributed by atoms with Crippen LogP contribution in [0.2, 0.25) is 0 Å². The number of hydrogen-bond donors (Lipinski definition) is 2. The van der Waals surface area contributed by atoms with Crippen LogP contribution >= 0.6 is 0 Å². The van der Waals surface area contributed by atoms with E-state index >= 15 is 0 Å². The number of benzene rings is 2. The number of aliphatic hydroxyl groups excluding tert-OH is 1. The first-order valence-electron chi connectivity index (χ1n) is 16.0. The van der Waals surface area contributed by atoms with E-state index in [0.717, 1.165) is 11.1 Å². The van der Waals surface area contributed by atoms with Gasteiger partial charge in [-0.2, -0.15) is 4.31 Å². The predicted molar refractivity (Wildman–Crippen MR) is 172 cm³/mol. The van der Waals surface area contributed by atoms with Crippen LogP contribution in [0.5, 0.6) is 17.2 Å². The molecule has 3 aromatic rings. The van der Waals surface area contributed by atoms with Crippen LogP contribution in [0, 0.1) is 11.8 Å². The van der Waals surface area contributed by atoms with Crippen molar-refractivity contribution in [2.24, 2.45) is 11.8 Å². The maximum Gasteiger partial charge on any atom is 0.407 e. The summed E-state index contributed by atoms with van der Waals surface area (Å²) < 4.78 is 62.6.